The molecule has 1 N–H and O–H groups in total. The summed E-state index contributed by atoms with van der Waals surface area (Å²) >= 11 is 8.16. The van der Waals surface area contributed by atoms with E-state index < -0.39 is 0 Å². The van der Waals surface area contributed by atoms with Crippen LogP contribution in [0.5, 0.6) is 0 Å². The van der Waals surface area contributed by atoms with Crippen molar-refractivity contribution in [1.29, 1.82) is 0 Å². The van der Waals surface area contributed by atoms with Gasteiger partial charge in [0.1, 0.15) is 0 Å². The second-order valence-corrected chi connectivity index (χ2v) is 8.14. The van der Waals surface area contributed by atoms with Gasteiger partial charge in [0.15, 0.2) is 0 Å². The van der Waals surface area contributed by atoms with E-state index in [1.54, 1.807) is 11.3 Å². The molecule has 0 spiro atoms. The Balaban J connectivity index is 2.31. The number of halogens is 1. The SMILES string of the molecule is CCNC(c1sccc1Cl)C1(OCC)CCC(C)(C)CC1. The van der Waals surface area contributed by atoms with Crippen LogP contribution in [0, 0.1) is 5.41 Å². The fraction of sp³-hybridized carbons (Fsp3) is 0.765. The molecule has 2 nitrogen and oxygen atoms in total. The Hall–Kier alpha value is -0.0900. The van der Waals surface area contributed by atoms with Crippen molar-refractivity contribution in [2.75, 3.05) is 13.2 Å². The summed E-state index contributed by atoms with van der Waals surface area (Å²) in [5, 5.41) is 6.60. The number of thiophene rings is 1. The van der Waals surface area contributed by atoms with Crippen molar-refractivity contribution in [3.05, 3.63) is 21.3 Å². The zero-order chi connectivity index (χ0) is 15.5. The largest absolute Gasteiger partial charge is 0.373 e. The number of nitrogens with one attached hydrogen (secondary N) is 1. The molecule has 1 fully saturated rings. The summed E-state index contributed by atoms with van der Waals surface area (Å²) in [6.07, 6.45) is 4.61. The Kier molecular flexibility index (Phi) is 5.75. The highest BCUT2D eigenvalue weighted by Crippen LogP contribution is 2.49. The third kappa shape index (κ3) is 3.82. The maximum atomic E-state index is 6.42. The highest BCUT2D eigenvalue weighted by molar-refractivity contribution is 7.10. The highest BCUT2D eigenvalue weighted by Gasteiger charge is 2.46. The monoisotopic (exact) mass is 329 g/mol. The van der Waals surface area contributed by atoms with Crippen LogP contribution in [0.4, 0.5) is 0 Å². The molecule has 0 aliphatic heterocycles. The van der Waals surface area contributed by atoms with Crippen molar-refractivity contribution in [2.45, 2.75) is 65.0 Å². The molecular weight excluding hydrogens is 302 g/mol. The van der Waals surface area contributed by atoms with Gasteiger partial charge in [-0.2, -0.15) is 0 Å². The van der Waals surface area contributed by atoms with Crippen LogP contribution >= 0.6 is 22.9 Å². The minimum atomic E-state index is -0.116. The quantitative estimate of drug-likeness (QED) is 0.751. The third-order valence-corrected chi connectivity index (χ3v) is 6.15. The first-order chi connectivity index (χ1) is 9.94. The lowest BCUT2D eigenvalue weighted by atomic mass is 9.68. The van der Waals surface area contributed by atoms with Crippen LogP contribution in [0.2, 0.25) is 5.02 Å². The molecule has 1 saturated carbocycles. The number of hydrogen-bond donors (Lipinski definition) is 1. The minimum Gasteiger partial charge on any atom is -0.373 e. The van der Waals surface area contributed by atoms with Gasteiger partial charge in [-0.25, -0.2) is 0 Å². The summed E-state index contributed by atoms with van der Waals surface area (Å²) in [4.78, 5) is 1.23. The number of hydrogen-bond acceptors (Lipinski definition) is 3. The summed E-state index contributed by atoms with van der Waals surface area (Å²) in [5.41, 5.74) is 0.311. The maximum absolute atomic E-state index is 6.42. The smallest absolute Gasteiger partial charge is 0.0885 e. The van der Waals surface area contributed by atoms with E-state index in [0.717, 1.165) is 31.0 Å². The zero-order valence-corrected chi connectivity index (χ0v) is 15.2. The van der Waals surface area contributed by atoms with Gasteiger partial charge in [-0.1, -0.05) is 32.4 Å². The Morgan fingerprint density at radius 2 is 1.95 bits per heavy atom. The molecule has 1 atom stereocenters. The number of ether oxygens (including phenoxy) is 1. The van der Waals surface area contributed by atoms with E-state index in [0.29, 0.717) is 5.41 Å². The van der Waals surface area contributed by atoms with Crippen molar-refractivity contribution in [3.8, 4) is 0 Å². The van der Waals surface area contributed by atoms with Crippen molar-refractivity contribution in [2.24, 2.45) is 5.41 Å². The second-order valence-electron chi connectivity index (χ2n) is 6.79. The van der Waals surface area contributed by atoms with E-state index in [2.05, 4.69) is 38.4 Å². The fourth-order valence-electron chi connectivity index (χ4n) is 3.39. The van der Waals surface area contributed by atoms with Gasteiger partial charge in [0.25, 0.3) is 0 Å². The molecule has 0 radical (unpaired) electrons. The van der Waals surface area contributed by atoms with Crippen LogP contribution in [0.1, 0.15) is 64.3 Å². The van der Waals surface area contributed by atoms with Crippen LogP contribution < -0.4 is 5.32 Å². The molecule has 0 saturated heterocycles. The van der Waals surface area contributed by atoms with Crippen LogP contribution in [-0.4, -0.2) is 18.8 Å². The molecule has 1 unspecified atom stereocenters. The Bertz CT molecular complexity index is 447. The van der Waals surface area contributed by atoms with Crippen molar-refractivity contribution < 1.29 is 4.74 Å². The lowest BCUT2D eigenvalue weighted by Gasteiger charge is -2.47. The van der Waals surface area contributed by atoms with Gasteiger partial charge < -0.3 is 10.1 Å². The molecule has 2 rings (SSSR count). The van der Waals surface area contributed by atoms with Crippen molar-refractivity contribution in [1.82, 2.24) is 5.32 Å². The van der Waals surface area contributed by atoms with Gasteiger partial charge in [-0.3, -0.25) is 0 Å². The van der Waals surface area contributed by atoms with E-state index in [9.17, 15) is 0 Å². The predicted octanol–water partition coefficient (Wildman–Crippen LogP) is 5.43. The van der Waals surface area contributed by atoms with Gasteiger partial charge in [-0.05, 0) is 56.0 Å². The number of rotatable bonds is 6. The molecule has 1 aromatic heterocycles. The summed E-state index contributed by atoms with van der Waals surface area (Å²) in [7, 11) is 0. The molecule has 0 bridgehead atoms. The molecule has 1 heterocycles. The maximum Gasteiger partial charge on any atom is 0.0885 e. The normalized spacial score (nSPS) is 22.1. The van der Waals surface area contributed by atoms with Gasteiger partial charge in [0, 0.05) is 11.5 Å². The van der Waals surface area contributed by atoms with Gasteiger partial charge in [-0.15, -0.1) is 11.3 Å². The summed E-state index contributed by atoms with van der Waals surface area (Å²) in [6.45, 7) is 10.7. The third-order valence-electron chi connectivity index (χ3n) is 4.72. The lowest BCUT2D eigenvalue weighted by Crippen LogP contribution is -2.49. The average Bonchev–Trinajstić information content (AvgIpc) is 2.85. The van der Waals surface area contributed by atoms with Crippen LogP contribution in [0.25, 0.3) is 0 Å². The average molecular weight is 330 g/mol. The highest BCUT2D eigenvalue weighted by atomic mass is 35.5. The van der Waals surface area contributed by atoms with Gasteiger partial charge in [0.05, 0.1) is 16.7 Å². The molecule has 1 aliphatic rings. The van der Waals surface area contributed by atoms with E-state index >= 15 is 0 Å². The zero-order valence-electron chi connectivity index (χ0n) is 13.7. The minimum absolute atomic E-state index is 0.116. The summed E-state index contributed by atoms with van der Waals surface area (Å²) in [5.74, 6) is 0. The van der Waals surface area contributed by atoms with Crippen molar-refractivity contribution in [3.63, 3.8) is 0 Å². The van der Waals surface area contributed by atoms with Gasteiger partial charge >= 0.3 is 0 Å². The fourth-order valence-corrected chi connectivity index (χ4v) is 4.73. The predicted molar refractivity (Wildman–Crippen MR) is 92.4 cm³/mol. The molecule has 120 valence electrons. The first kappa shape index (κ1) is 17.3. The molecule has 1 aromatic rings. The topological polar surface area (TPSA) is 21.3 Å². The van der Waals surface area contributed by atoms with E-state index in [-0.39, 0.29) is 11.6 Å². The molecule has 0 amide bonds. The lowest BCUT2D eigenvalue weighted by molar-refractivity contribution is -0.107. The molecule has 0 aromatic carbocycles. The van der Waals surface area contributed by atoms with Crippen LogP contribution in [-0.2, 0) is 4.74 Å². The van der Waals surface area contributed by atoms with E-state index in [4.69, 9.17) is 16.3 Å². The molecule has 4 heteroatoms. The Morgan fingerprint density at radius 3 is 2.43 bits per heavy atom. The van der Waals surface area contributed by atoms with E-state index in [1.165, 1.54) is 17.7 Å². The molecule has 21 heavy (non-hydrogen) atoms. The molecule has 1 aliphatic carbocycles. The number of likely N-dealkylation sites (N-methyl/N-ethyl adjacent to an activating group) is 1. The van der Waals surface area contributed by atoms with E-state index in [1.807, 2.05) is 6.07 Å². The second kappa shape index (κ2) is 6.99. The standard InChI is InChI=1S/C17H28ClNOS/c1-5-19-15(14-13(18)7-12-21-14)17(20-6-2)10-8-16(3,4)9-11-17/h7,12,15,19H,5-6,8-11H2,1-4H3. The first-order valence-electron chi connectivity index (χ1n) is 8.04. The summed E-state index contributed by atoms with van der Waals surface area (Å²) in [6, 6.07) is 2.20. The molecular formula is C17H28ClNOS. The van der Waals surface area contributed by atoms with Gasteiger partial charge in [0.2, 0.25) is 0 Å². The van der Waals surface area contributed by atoms with Crippen LogP contribution in [0.15, 0.2) is 11.4 Å². The Labute approximate surface area is 138 Å². The summed E-state index contributed by atoms with van der Waals surface area (Å²) < 4.78 is 6.34. The van der Waals surface area contributed by atoms with Crippen molar-refractivity contribution >= 4 is 22.9 Å². The first-order valence-corrected chi connectivity index (χ1v) is 9.30. The van der Waals surface area contributed by atoms with Crippen LogP contribution in [0.3, 0.4) is 0 Å². The Morgan fingerprint density at radius 1 is 1.29 bits per heavy atom.